The molecule has 1 fully saturated rings. The Balaban J connectivity index is 1.96. The van der Waals surface area contributed by atoms with Gasteiger partial charge >= 0.3 is 0 Å². The molecule has 68 valence electrons. The van der Waals surface area contributed by atoms with Gasteiger partial charge in [-0.1, -0.05) is 0 Å². The molecule has 0 saturated carbocycles. The molecule has 0 radical (unpaired) electrons. The minimum absolute atomic E-state index is 0.0846. The van der Waals surface area contributed by atoms with E-state index in [1.165, 1.54) is 0 Å². The van der Waals surface area contributed by atoms with E-state index in [9.17, 15) is 4.79 Å². The number of hydrogen-bond acceptors (Lipinski definition) is 4. The molecule has 1 unspecified atom stereocenters. The van der Waals surface area contributed by atoms with Crippen molar-refractivity contribution in [3.63, 3.8) is 0 Å². The second-order valence-corrected chi connectivity index (χ2v) is 2.94. The molecule has 0 aliphatic carbocycles. The number of rotatable bonds is 2. The van der Waals surface area contributed by atoms with Crippen LogP contribution in [0, 0.1) is 0 Å². The van der Waals surface area contributed by atoms with Crippen LogP contribution in [0.5, 0.6) is 0 Å². The van der Waals surface area contributed by atoms with Crippen molar-refractivity contribution >= 4 is 11.7 Å². The molecule has 1 aromatic rings. The molecule has 0 spiro atoms. The predicted molar refractivity (Wildman–Crippen MR) is 47.1 cm³/mol. The maximum atomic E-state index is 10.9. The maximum Gasteiger partial charge on any atom is 0.222 e. The van der Waals surface area contributed by atoms with Gasteiger partial charge in [0.1, 0.15) is 5.82 Å². The van der Waals surface area contributed by atoms with Crippen LogP contribution in [-0.4, -0.2) is 28.5 Å². The summed E-state index contributed by atoms with van der Waals surface area (Å²) in [6.45, 7) is 0.662. The average Bonchev–Trinajstić information content (AvgIpc) is 2.53. The van der Waals surface area contributed by atoms with Gasteiger partial charge in [-0.05, 0) is 0 Å². The van der Waals surface area contributed by atoms with E-state index >= 15 is 0 Å². The van der Waals surface area contributed by atoms with Crippen LogP contribution in [0.4, 0.5) is 5.82 Å². The molecule has 1 aromatic heterocycles. The van der Waals surface area contributed by atoms with Crippen LogP contribution in [0.3, 0.4) is 0 Å². The normalized spacial score (nSPS) is 21.2. The first kappa shape index (κ1) is 7.97. The lowest BCUT2D eigenvalue weighted by Gasteiger charge is -2.09. The van der Waals surface area contributed by atoms with E-state index in [2.05, 4.69) is 20.6 Å². The monoisotopic (exact) mass is 178 g/mol. The first-order valence-electron chi connectivity index (χ1n) is 4.14. The van der Waals surface area contributed by atoms with Crippen molar-refractivity contribution < 1.29 is 4.79 Å². The van der Waals surface area contributed by atoms with E-state index in [1.807, 2.05) is 0 Å². The molecule has 0 aromatic carbocycles. The number of carbonyl (C=O) groups is 1. The molecule has 13 heavy (non-hydrogen) atoms. The summed E-state index contributed by atoms with van der Waals surface area (Å²) in [5.41, 5.74) is 0. The second-order valence-electron chi connectivity index (χ2n) is 2.94. The third kappa shape index (κ3) is 1.93. The van der Waals surface area contributed by atoms with Gasteiger partial charge in [-0.15, -0.1) is 0 Å². The van der Waals surface area contributed by atoms with Gasteiger partial charge in [-0.2, -0.15) is 0 Å². The lowest BCUT2D eigenvalue weighted by molar-refractivity contribution is -0.119. The van der Waals surface area contributed by atoms with Crippen LogP contribution in [0.1, 0.15) is 6.42 Å². The summed E-state index contributed by atoms with van der Waals surface area (Å²) < 4.78 is 0. The fourth-order valence-corrected chi connectivity index (χ4v) is 1.29. The van der Waals surface area contributed by atoms with E-state index in [-0.39, 0.29) is 11.9 Å². The van der Waals surface area contributed by atoms with Gasteiger partial charge in [0.2, 0.25) is 5.91 Å². The molecule has 1 aliphatic heterocycles. The third-order valence-corrected chi connectivity index (χ3v) is 1.89. The molecule has 5 nitrogen and oxygen atoms in total. The van der Waals surface area contributed by atoms with Gasteiger partial charge < -0.3 is 10.6 Å². The summed E-state index contributed by atoms with van der Waals surface area (Å²) in [6.07, 6.45) is 5.38. The SMILES string of the molecule is O=C1CC(Nc2cnccn2)CN1. The second kappa shape index (κ2) is 3.38. The van der Waals surface area contributed by atoms with Crippen LogP contribution in [0.2, 0.25) is 0 Å². The molecule has 1 atom stereocenters. The molecule has 1 saturated heterocycles. The number of amides is 1. The highest BCUT2D eigenvalue weighted by molar-refractivity contribution is 5.79. The van der Waals surface area contributed by atoms with Crippen molar-refractivity contribution in [1.29, 1.82) is 0 Å². The summed E-state index contributed by atoms with van der Waals surface area (Å²) in [5.74, 6) is 0.797. The lowest BCUT2D eigenvalue weighted by Crippen LogP contribution is -2.22. The predicted octanol–water partition coefficient (Wildman–Crippen LogP) is -0.223. The number of aromatic nitrogens is 2. The first-order valence-corrected chi connectivity index (χ1v) is 4.14. The molecule has 1 amide bonds. The largest absolute Gasteiger partial charge is 0.364 e. The zero-order valence-corrected chi connectivity index (χ0v) is 7.03. The van der Waals surface area contributed by atoms with E-state index in [0.29, 0.717) is 18.8 Å². The Morgan fingerprint density at radius 2 is 2.46 bits per heavy atom. The number of nitrogens with one attached hydrogen (secondary N) is 2. The molecule has 0 bridgehead atoms. The topological polar surface area (TPSA) is 66.9 Å². The zero-order valence-electron chi connectivity index (χ0n) is 7.03. The zero-order chi connectivity index (χ0) is 9.10. The Morgan fingerprint density at radius 3 is 3.08 bits per heavy atom. The van der Waals surface area contributed by atoms with Gasteiger partial charge in [0, 0.05) is 25.4 Å². The van der Waals surface area contributed by atoms with Crippen LogP contribution < -0.4 is 10.6 Å². The Labute approximate surface area is 75.6 Å². The van der Waals surface area contributed by atoms with Gasteiger partial charge in [-0.3, -0.25) is 9.78 Å². The van der Waals surface area contributed by atoms with Crippen molar-refractivity contribution in [2.24, 2.45) is 0 Å². The quantitative estimate of drug-likeness (QED) is 0.657. The number of anilines is 1. The maximum absolute atomic E-state index is 10.9. The summed E-state index contributed by atoms with van der Waals surface area (Å²) in [4.78, 5) is 18.8. The lowest BCUT2D eigenvalue weighted by atomic mass is 10.2. The molecular formula is C8H10N4O. The molecule has 2 rings (SSSR count). The molecule has 2 heterocycles. The first-order chi connectivity index (χ1) is 6.34. The third-order valence-electron chi connectivity index (χ3n) is 1.89. The molecule has 5 heteroatoms. The average molecular weight is 178 g/mol. The van der Waals surface area contributed by atoms with Gasteiger partial charge in [0.25, 0.3) is 0 Å². The van der Waals surface area contributed by atoms with Crippen LogP contribution in [-0.2, 0) is 4.79 Å². The molecule has 2 N–H and O–H groups in total. The van der Waals surface area contributed by atoms with Crippen molar-refractivity contribution in [1.82, 2.24) is 15.3 Å². The molecular weight excluding hydrogens is 168 g/mol. The standard InChI is InChI=1S/C8H10N4O/c13-8-3-6(4-11-8)12-7-5-9-1-2-10-7/h1-2,5-6H,3-4H2,(H,10,12)(H,11,13). The Hall–Kier alpha value is -1.65. The van der Waals surface area contributed by atoms with Crippen LogP contribution in [0.25, 0.3) is 0 Å². The van der Waals surface area contributed by atoms with E-state index in [1.54, 1.807) is 18.6 Å². The van der Waals surface area contributed by atoms with Crippen molar-refractivity contribution in [3.05, 3.63) is 18.6 Å². The fraction of sp³-hybridized carbons (Fsp3) is 0.375. The highest BCUT2D eigenvalue weighted by Crippen LogP contribution is 2.06. The van der Waals surface area contributed by atoms with Crippen molar-refractivity contribution in [2.75, 3.05) is 11.9 Å². The van der Waals surface area contributed by atoms with Gasteiger partial charge in [-0.25, -0.2) is 4.98 Å². The molecule has 1 aliphatic rings. The van der Waals surface area contributed by atoms with Crippen LogP contribution >= 0.6 is 0 Å². The van der Waals surface area contributed by atoms with Gasteiger partial charge in [0.15, 0.2) is 0 Å². The summed E-state index contributed by atoms with van der Waals surface area (Å²) >= 11 is 0. The minimum Gasteiger partial charge on any atom is -0.364 e. The fourth-order valence-electron chi connectivity index (χ4n) is 1.29. The Morgan fingerprint density at radius 1 is 1.54 bits per heavy atom. The number of nitrogens with zero attached hydrogens (tertiary/aromatic N) is 2. The number of carbonyl (C=O) groups excluding carboxylic acids is 1. The van der Waals surface area contributed by atoms with Crippen molar-refractivity contribution in [2.45, 2.75) is 12.5 Å². The summed E-state index contributed by atoms with van der Waals surface area (Å²) in [7, 11) is 0. The van der Waals surface area contributed by atoms with E-state index in [4.69, 9.17) is 0 Å². The summed E-state index contributed by atoms with van der Waals surface area (Å²) in [6, 6.07) is 0.143. The Kier molecular flexibility index (Phi) is 2.08. The van der Waals surface area contributed by atoms with Crippen LogP contribution in [0.15, 0.2) is 18.6 Å². The highest BCUT2D eigenvalue weighted by atomic mass is 16.1. The smallest absolute Gasteiger partial charge is 0.222 e. The summed E-state index contributed by atoms with van der Waals surface area (Å²) in [5, 5.41) is 5.85. The van der Waals surface area contributed by atoms with Crippen molar-refractivity contribution in [3.8, 4) is 0 Å². The van der Waals surface area contributed by atoms with Gasteiger partial charge in [0.05, 0.1) is 12.2 Å². The highest BCUT2D eigenvalue weighted by Gasteiger charge is 2.20. The van der Waals surface area contributed by atoms with E-state index in [0.717, 1.165) is 0 Å². The minimum atomic E-state index is 0.0846. The number of hydrogen-bond donors (Lipinski definition) is 2. The van der Waals surface area contributed by atoms with E-state index < -0.39 is 0 Å². The Bertz CT molecular complexity index is 300.